The summed E-state index contributed by atoms with van der Waals surface area (Å²) < 4.78 is 29.1. The van der Waals surface area contributed by atoms with Crippen molar-refractivity contribution in [3.8, 4) is 11.1 Å². The number of aromatic nitrogens is 4. The Morgan fingerprint density at radius 2 is 1.79 bits per heavy atom. The smallest absolute Gasteiger partial charge is 0.262 e. The Hall–Kier alpha value is -3.68. The molecule has 0 aliphatic heterocycles. The highest BCUT2D eigenvalue weighted by Gasteiger charge is 2.17. The molecule has 148 valence electrons. The summed E-state index contributed by atoms with van der Waals surface area (Å²) in [7, 11) is 0. The number of aryl methyl sites for hydroxylation is 1. The van der Waals surface area contributed by atoms with E-state index in [4.69, 9.17) is 0 Å². The van der Waals surface area contributed by atoms with Crippen LogP contribution < -0.4 is 5.32 Å². The van der Waals surface area contributed by atoms with Crippen LogP contribution >= 0.6 is 0 Å². The lowest BCUT2D eigenvalue weighted by Gasteiger charge is -2.09. The van der Waals surface area contributed by atoms with Gasteiger partial charge in [0.2, 0.25) is 0 Å². The number of nitrogens with one attached hydrogen (secondary N) is 1. The lowest BCUT2D eigenvalue weighted by molar-refractivity contribution is 0.101. The summed E-state index contributed by atoms with van der Waals surface area (Å²) in [5, 5.41) is 6.51. The number of nitrogens with zero attached hydrogens (tertiary/aromatic N) is 4. The predicted molar refractivity (Wildman–Crippen MR) is 107 cm³/mol. The topological polar surface area (TPSA) is 72.2 Å². The molecule has 8 heteroatoms. The number of amides is 1. The molecule has 0 saturated carbocycles. The molecule has 0 bridgehead atoms. The molecule has 1 aromatic carbocycles. The van der Waals surface area contributed by atoms with E-state index in [-0.39, 0.29) is 5.82 Å². The fourth-order valence-corrected chi connectivity index (χ4v) is 2.78. The maximum absolute atomic E-state index is 13.7. The normalized spacial score (nSPS) is 10.4. The average molecular weight is 395 g/mol. The van der Waals surface area contributed by atoms with Gasteiger partial charge in [-0.1, -0.05) is 19.9 Å². The van der Waals surface area contributed by atoms with E-state index in [1.807, 2.05) is 33.0 Å². The summed E-state index contributed by atoms with van der Waals surface area (Å²) in [5.74, 6) is -2.57. The number of carbonyl (C=O) groups is 1. The van der Waals surface area contributed by atoms with Crippen molar-refractivity contribution in [2.24, 2.45) is 0 Å². The van der Waals surface area contributed by atoms with Crippen LogP contribution in [0.3, 0.4) is 0 Å². The van der Waals surface area contributed by atoms with Gasteiger partial charge in [0.25, 0.3) is 5.91 Å². The maximum Gasteiger partial charge on any atom is 0.262 e. The second-order valence-corrected chi connectivity index (χ2v) is 5.92. The molecule has 0 atom stereocenters. The van der Waals surface area contributed by atoms with Crippen LogP contribution in [0.25, 0.3) is 16.8 Å². The third-order valence-corrected chi connectivity index (χ3v) is 4.13. The van der Waals surface area contributed by atoms with Crippen LogP contribution in [-0.2, 0) is 0 Å². The summed E-state index contributed by atoms with van der Waals surface area (Å²) >= 11 is 0. The Morgan fingerprint density at radius 1 is 1.07 bits per heavy atom. The fraction of sp³-hybridized carbons (Fsp3) is 0.143. The molecule has 0 spiro atoms. The van der Waals surface area contributed by atoms with Crippen molar-refractivity contribution in [1.29, 1.82) is 0 Å². The second kappa shape index (κ2) is 8.55. The molecule has 3 aromatic heterocycles. The zero-order valence-corrected chi connectivity index (χ0v) is 16.1. The number of fused-ring (bicyclic) bond motifs is 1. The molecule has 0 aliphatic carbocycles. The molecule has 4 aromatic rings. The van der Waals surface area contributed by atoms with E-state index in [1.54, 1.807) is 22.8 Å². The highest BCUT2D eigenvalue weighted by atomic mass is 19.1. The van der Waals surface area contributed by atoms with Crippen molar-refractivity contribution in [1.82, 2.24) is 19.6 Å². The first kappa shape index (κ1) is 20.1. The van der Waals surface area contributed by atoms with Gasteiger partial charge < -0.3 is 5.32 Å². The summed E-state index contributed by atoms with van der Waals surface area (Å²) in [6.45, 7) is 5.95. The Balaban J connectivity index is 0.00000117. The molecule has 4 rings (SSSR count). The molecule has 0 fully saturated rings. The predicted octanol–water partition coefficient (Wildman–Crippen LogP) is 4.66. The Morgan fingerprint density at radius 3 is 2.45 bits per heavy atom. The minimum absolute atomic E-state index is 0.186. The van der Waals surface area contributed by atoms with Crippen molar-refractivity contribution in [3.05, 3.63) is 77.9 Å². The van der Waals surface area contributed by atoms with E-state index >= 15 is 0 Å². The fourth-order valence-electron chi connectivity index (χ4n) is 2.78. The summed E-state index contributed by atoms with van der Waals surface area (Å²) in [5.41, 5.74) is 2.79. The van der Waals surface area contributed by atoms with E-state index in [0.29, 0.717) is 0 Å². The highest BCUT2D eigenvalue weighted by molar-refractivity contribution is 6.04. The van der Waals surface area contributed by atoms with E-state index in [0.717, 1.165) is 34.5 Å². The molecule has 29 heavy (non-hydrogen) atoms. The molecule has 0 unspecified atom stereocenters. The quantitative estimate of drug-likeness (QED) is 0.548. The van der Waals surface area contributed by atoms with E-state index < -0.39 is 23.1 Å². The van der Waals surface area contributed by atoms with E-state index in [2.05, 4.69) is 20.4 Å². The number of benzene rings is 1. The number of halogens is 2. The van der Waals surface area contributed by atoms with Gasteiger partial charge in [-0.3, -0.25) is 4.79 Å². The third kappa shape index (κ3) is 4.11. The molecule has 0 saturated heterocycles. The first-order chi connectivity index (χ1) is 14.0. The lowest BCUT2D eigenvalue weighted by atomic mass is 10.1. The first-order valence-electron chi connectivity index (χ1n) is 9.05. The number of carbonyl (C=O) groups excluding carboxylic acids is 1. The lowest BCUT2D eigenvalue weighted by Crippen LogP contribution is -2.16. The summed E-state index contributed by atoms with van der Waals surface area (Å²) in [6.07, 6.45) is 4.87. The Kier molecular flexibility index (Phi) is 5.92. The van der Waals surface area contributed by atoms with Crippen LogP contribution in [0.5, 0.6) is 0 Å². The van der Waals surface area contributed by atoms with Crippen LogP contribution in [0.2, 0.25) is 0 Å². The van der Waals surface area contributed by atoms with Crippen molar-refractivity contribution in [2.45, 2.75) is 20.8 Å². The minimum atomic E-state index is -0.930. The molecule has 0 aliphatic rings. The van der Waals surface area contributed by atoms with Gasteiger partial charge in [0.1, 0.15) is 29.3 Å². The molecular formula is C21H19F2N5O. The Labute approximate surface area is 166 Å². The number of pyridine rings is 2. The summed E-state index contributed by atoms with van der Waals surface area (Å²) in [6, 6.07) is 8.47. The van der Waals surface area contributed by atoms with Crippen molar-refractivity contribution in [3.63, 3.8) is 0 Å². The van der Waals surface area contributed by atoms with E-state index in [1.165, 1.54) is 12.4 Å². The van der Waals surface area contributed by atoms with Gasteiger partial charge in [-0.05, 0) is 42.8 Å². The second-order valence-electron chi connectivity index (χ2n) is 5.92. The SMILES string of the molecule is CC.Cc1cc2ncnn2cc1-c1ccc(NC(=O)c2c(F)cccc2F)nc1. The molecule has 1 amide bonds. The van der Waals surface area contributed by atoms with Crippen LogP contribution in [-0.4, -0.2) is 25.5 Å². The molecule has 3 heterocycles. The Bertz CT molecular complexity index is 1140. The average Bonchev–Trinajstić information content (AvgIpc) is 3.16. The third-order valence-electron chi connectivity index (χ3n) is 4.13. The van der Waals surface area contributed by atoms with Gasteiger partial charge in [0.05, 0.1) is 0 Å². The van der Waals surface area contributed by atoms with Crippen molar-refractivity contribution < 1.29 is 13.6 Å². The highest BCUT2D eigenvalue weighted by Crippen LogP contribution is 2.24. The van der Waals surface area contributed by atoms with Crippen LogP contribution in [0, 0.1) is 18.6 Å². The first-order valence-corrected chi connectivity index (χ1v) is 9.05. The van der Waals surface area contributed by atoms with Crippen LogP contribution in [0.1, 0.15) is 29.8 Å². The minimum Gasteiger partial charge on any atom is -0.306 e. The van der Waals surface area contributed by atoms with Crippen LogP contribution in [0.15, 0.2) is 55.1 Å². The van der Waals surface area contributed by atoms with Gasteiger partial charge >= 0.3 is 0 Å². The van der Waals surface area contributed by atoms with Gasteiger partial charge in [-0.25, -0.2) is 23.3 Å². The van der Waals surface area contributed by atoms with Gasteiger partial charge in [0, 0.05) is 23.5 Å². The molecular weight excluding hydrogens is 376 g/mol. The largest absolute Gasteiger partial charge is 0.306 e. The zero-order chi connectivity index (χ0) is 21.0. The van der Waals surface area contributed by atoms with E-state index in [9.17, 15) is 13.6 Å². The number of rotatable bonds is 3. The number of anilines is 1. The number of hydrogen-bond donors (Lipinski definition) is 1. The number of hydrogen-bond acceptors (Lipinski definition) is 4. The zero-order valence-electron chi connectivity index (χ0n) is 16.1. The monoisotopic (exact) mass is 395 g/mol. The molecule has 6 nitrogen and oxygen atoms in total. The summed E-state index contributed by atoms with van der Waals surface area (Å²) in [4.78, 5) is 20.4. The van der Waals surface area contributed by atoms with Crippen LogP contribution in [0.4, 0.5) is 14.6 Å². The molecule has 1 N–H and O–H groups in total. The maximum atomic E-state index is 13.7. The van der Waals surface area contributed by atoms with Gasteiger partial charge in [-0.2, -0.15) is 5.10 Å². The van der Waals surface area contributed by atoms with Gasteiger partial charge in [-0.15, -0.1) is 0 Å². The molecule has 0 radical (unpaired) electrons. The van der Waals surface area contributed by atoms with Crippen molar-refractivity contribution >= 4 is 17.4 Å². The van der Waals surface area contributed by atoms with Gasteiger partial charge in [0.15, 0.2) is 5.65 Å². The van der Waals surface area contributed by atoms with Crippen molar-refractivity contribution in [2.75, 3.05) is 5.32 Å². The standard InChI is InChI=1S/C19H13F2N5O.C2H6/c1-11-7-17-23-10-24-26(17)9-13(11)12-5-6-16(22-8-12)25-19(27)18-14(20)3-2-4-15(18)21;1-2/h2-10H,1H3,(H,22,25,27);1-2H3.